The molecule has 0 aliphatic heterocycles. The predicted octanol–water partition coefficient (Wildman–Crippen LogP) is 3.22. The average molecular weight is 287 g/mol. The van der Waals surface area contributed by atoms with E-state index >= 15 is 0 Å². The van der Waals surface area contributed by atoms with Crippen molar-refractivity contribution in [2.24, 2.45) is 0 Å². The lowest BCUT2D eigenvalue weighted by molar-refractivity contribution is 0.305. The van der Waals surface area contributed by atoms with Crippen molar-refractivity contribution in [3.63, 3.8) is 0 Å². The van der Waals surface area contributed by atoms with Gasteiger partial charge in [0.2, 0.25) is 0 Å². The second kappa shape index (κ2) is 7.55. The molecule has 1 unspecified atom stereocenters. The van der Waals surface area contributed by atoms with Gasteiger partial charge in [0.1, 0.15) is 17.2 Å². The number of phenols is 2. The van der Waals surface area contributed by atoms with E-state index in [1.807, 2.05) is 37.3 Å². The second-order valence-corrected chi connectivity index (χ2v) is 4.93. The first-order valence-electron chi connectivity index (χ1n) is 7.10. The molecule has 0 amide bonds. The molecule has 0 saturated carbocycles. The molecule has 21 heavy (non-hydrogen) atoms. The maximum atomic E-state index is 9.79. The fourth-order valence-electron chi connectivity index (χ4n) is 2.11. The van der Waals surface area contributed by atoms with Crippen LogP contribution in [0.15, 0.2) is 48.5 Å². The number of para-hydroxylation sites is 1. The Morgan fingerprint density at radius 3 is 2.57 bits per heavy atom. The van der Waals surface area contributed by atoms with Gasteiger partial charge in [0.15, 0.2) is 0 Å². The van der Waals surface area contributed by atoms with Gasteiger partial charge in [-0.1, -0.05) is 24.3 Å². The van der Waals surface area contributed by atoms with E-state index in [9.17, 15) is 10.2 Å². The second-order valence-electron chi connectivity index (χ2n) is 4.93. The Kier molecular flexibility index (Phi) is 5.46. The number of nitrogens with one attached hydrogen (secondary N) is 1. The van der Waals surface area contributed by atoms with Crippen LogP contribution >= 0.6 is 0 Å². The number of aromatic hydroxyl groups is 2. The monoisotopic (exact) mass is 287 g/mol. The first-order valence-corrected chi connectivity index (χ1v) is 7.10. The van der Waals surface area contributed by atoms with Crippen molar-refractivity contribution < 1.29 is 14.9 Å². The van der Waals surface area contributed by atoms with Crippen molar-refractivity contribution in [3.8, 4) is 17.2 Å². The standard InChI is InChI=1S/C17H21NO3/c1-13(16-9-8-14(19)12-17(16)20)18-10-5-11-21-15-6-3-2-4-7-15/h2-4,6-9,12-13,18-20H,5,10-11H2,1H3. The Morgan fingerprint density at radius 1 is 1.10 bits per heavy atom. The normalized spacial score (nSPS) is 12.0. The van der Waals surface area contributed by atoms with E-state index < -0.39 is 0 Å². The molecule has 4 nitrogen and oxygen atoms in total. The van der Waals surface area contributed by atoms with Crippen LogP contribution in [0.1, 0.15) is 24.9 Å². The number of phenolic OH excluding ortho intramolecular Hbond substituents is 2. The van der Waals surface area contributed by atoms with Gasteiger partial charge < -0.3 is 20.3 Å². The van der Waals surface area contributed by atoms with Crippen LogP contribution < -0.4 is 10.1 Å². The molecule has 0 spiro atoms. The molecule has 112 valence electrons. The van der Waals surface area contributed by atoms with Gasteiger partial charge in [-0.15, -0.1) is 0 Å². The van der Waals surface area contributed by atoms with E-state index in [1.165, 1.54) is 6.07 Å². The predicted molar refractivity (Wildman–Crippen MR) is 82.7 cm³/mol. The van der Waals surface area contributed by atoms with E-state index in [-0.39, 0.29) is 17.5 Å². The number of benzene rings is 2. The molecule has 2 aromatic carbocycles. The Labute approximate surface area is 125 Å². The van der Waals surface area contributed by atoms with Crippen molar-refractivity contribution in [1.82, 2.24) is 5.32 Å². The fourth-order valence-corrected chi connectivity index (χ4v) is 2.11. The summed E-state index contributed by atoms with van der Waals surface area (Å²) in [7, 11) is 0. The van der Waals surface area contributed by atoms with Gasteiger partial charge in [-0.05, 0) is 38.1 Å². The molecule has 0 fully saturated rings. The number of ether oxygens (including phenoxy) is 1. The van der Waals surface area contributed by atoms with Crippen molar-refractivity contribution in [2.75, 3.05) is 13.2 Å². The lowest BCUT2D eigenvalue weighted by atomic mass is 10.1. The quantitative estimate of drug-likeness (QED) is 0.684. The molecule has 2 aromatic rings. The SMILES string of the molecule is CC(NCCCOc1ccccc1)c1ccc(O)cc1O. The van der Waals surface area contributed by atoms with Gasteiger partial charge in [-0.3, -0.25) is 0 Å². The molecule has 0 aromatic heterocycles. The number of hydrogen-bond donors (Lipinski definition) is 3. The van der Waals surface area contributed by atoms with Crippen molar-refractivity contribution >= 4 is 0 Å². The molecule has 0 heterocycles. The summed E-state index contributed by atoms with van der Waals surface area (Å²) in [6.45, 7) is 3.41. The van der Waals surface area contributed by atoms with E-state index in [4.69, 9.17) is 4.74 Å². The van der Waals surface area contributed by atoms with Crippen LogP contribution in [-0.4, -0.2) is 23.4 Å². The third-order valence-electron chi connectivity index (χ3n) is 3.26. The van der Waals surface area contributed by atoms with Crippen LogP contribution in [0.2, 0.25) is 0 Å². The zero-order valence-electron chi connectivity index (χ0n) is 12.1. The number of rotatable bonds is 7. The first-order chi connectivity index (χ1) is 10.2. The minimum absolute atomic E-state index is 0.0160. The van der Waals surface area contributed by atoms with Crippen LogP contribution in [0.3, 0.4) is 0 Å². The highest BCUT2D eigenvalue weighted by Crippen LogP contribution is 2.27. The molecule has 1 atom stereocenters. The lowest BCUT2D eigenvalue weighted by Crippen LogP contribution is -2.21. The lowest BCUT2D eigenvalue weighted by Gasteiger charge is -2.16. The Balaban J connectivity index is 1.71. The molecule has 4 heteroatoms. The maximum absolute atomic E-state index is 9.79. The molecule has 0 radical (unpaired) electrons. The summed E-state index contributed by atoms with van der Waals surface area (Å²) < 4.78 is 5.61. The molecule has 2 rings (SSSR count). The number of hydrogen-bond acceptors (Lipinski definition) is 4. The van der Waals surface area contributed by atoms with Crippen LogP contribution in [0, 0.1) is 0 Å². The molecule has 3 N–H and O–H groups in total. The van der Waals surface area contributed by atoms with Crippen molar-refractivity contribution in [1.29, 1.82) is 0 Å². The van der Waals surface area contributed by atoms with Crippen LogP contribution in [0.5, 0.6) is 17.2 Å². The van der Waals surface area contributed by atoms with E-state index in [0.717, 1.165) is 24.3 Å². The third kappa shape index (κ3) is 4.68. The minimum Gasteiger partial charge on any atom is -0.508 e. The third-order valence-corrected chi connectivity index (χ3v) is 3.26. The van der Waals surface area contributed by atoms with E-state index in [0.29, 0.717) is 6.61 Å². The van der Waals surface area contributed by atoms with Crippen LogP contribution in [0.25, 0.3) is 0 Å². The Hall–Kier alpha value is -2.20. The summed E-state index contributed by atoms with van der Waals surface area (Å²) in [4.78, 5) is 0. The molecule has 0 saturated heterocycles. The van der Waals surface area contributed by atoms with Gasteiger partial charge in [-0.2, -0.15) is 0 Å². The molecule has 0 aliphatic carbocycles. The molecular weight excluding hydrogens is 266 g/mol. The van der Waals surface area contributed by atoms with Gasteiger partial charge in [0, 0.05) is 17.7 Å². The van der Waals surface area contributed by atoms with Crippen molar-refractivity contribution in [2.45, 2.75) is 19.4 Å². The summed E-state index contributed by atoms with van der Waals surface area (Å²) in [6, 6.07) is 14.4. The summed E-state index contributed by atoms with van der Waals surface area (Å²) in [5.41, 5.74) is 0.775. The van der Waals surface area contributed by atoms with Crippen LogP contribution in [0.4, 0.5) is 0 Å². The van der Waals surface area contributed by atoms with E-state index in [1.54, 1.807) is 12.1 Å². The summed E-state index contributed by atoms with van der Waals surface area (Å²) in [5.74, 6) is 1.05. The van der Waals surface area contributed by atoms with Gasteiger partial charge in [0.05, 0.1) is 6.61 Å². The maximum Gasteiger partial charge on any atom is 0.124 e. The van der Waals surface area contributed by atoms with Crippen LogP contribution in [-0.2, 0) is 0 Å². The van der Waals surface area contributed by atoms with Gasteiger partial charge in [0.25, 0.3) is 0 Å². The van der Waals surface area contributed by atoms with Gasteiger partial charge in [-0.25, -0.2) is 0 Å². The van der Waals surface area contributed by atoms with E-state index in [2.05, 4.69) is 5.32 Å². The fraction of sp³-hybridized carbons (Fsp3) is 0.294. The average Bonchev–Trinajstić information content (AvgIpc) is 2.47. The largest absolute Gasteiger partial charge is 0.508 e. The zero-order valence-corrected chi connectivity index (χ0v) is 12.1. The molecule has 0 aliphatic rings. The Bertz CT molecular complexity index is 557. The summed E-state index contributed by atoms with van der Waals surface area (Å²) in [5, 5.41) is 22.4. The first kappa shape index (κ1) is 15.2. The summed E-state index contributed by atoms with van der Waals surface area (Å²) >= 11 is 0. The topological polar surface area (TPSA) is 61.7 Å². The smallest absolute Gasteiger partial charge is 0.124 e. The molecule has 0 bridgehead atoms. The van der Waals surface area contributed by atoms with Crippen molar-refractivity contribution in [3.05, 3.63) is 54.1 Å². The highest BCUT2D eigenvalue weighted by atomic mass is 16.5. The molecular formula is C17H21NO3. The minimum atomic E-state index is 0.0160. The van der Waals surface area contributed by atoms with Gasteiger partial charge >= 0.3 is 0 Å². The summed E-state index contributed by atoms with van der Waals surface area (Å²) in [6.07, 6.45) is 0.873. The zero-order chi connectivity index (χ0) is 15.1. The Morgan fingerprint density at radius 2 is 1.86 bits per heavy atom. The highest BCUT2D eigenvalue weighted by Gasteiger charge is 2.09. The highest BCUT2D eigenvalue weighted by molar-refractivity contribution is 5.40.